The van der Waals surface area contributed by atoms with Crippen molar-refractivity contribution in [3.63, 3.8) is 0 Å². The highest BCUT2D eigenvalue weighted by atomic mass is 16.5. The zero-order valence-corrected chi connectivity index (χ0v) is 24.8. The van der Waals surface area contributed by atoms with Crippen LogP contribution >= 0.6 is 0 Å². The lowest BCUT2D eigenvalue weighted by Gasteiger charge is -2.25. The highest BCUT2D eigenvalue weighted by Crippen LogP contribution is 2.35. The number of aliphatic hydroxyl groups excluding tert-OH is 4. The van der Waals surface area contributed by atoms with Gasteiger partial charge in [0.15, 0.2) is 0 Å². The Kier molecular flexibility index (Phi) is 11.0. The molecule has 2 atom stereocenters. The maximum absolute atomic E-state index is 9.78. The second kappa shape index (κ2) is 15.7. The van der Waals surface area contributed by atoms with Crippen LogP contribution in [0.15, 0.2) is 133 Å². The fraction of sp³-hybridized carbons (Fsp3) is 0.158. The first-order valence-electron chi connectivity index (χ1n) is 14.8. The first kappa shape index (κ1) is 31.5. The van der Waals surface area contributed by atoms with Crippen molar-refractivity contribution in [1.82, 2.24) is 0 Å². The molecule has 0 aliphatic heterocycles. The second-order valence-corrected chi connectivity index (χ2v) is 10.5. The predicted molar refractivity (Wildman–Crippen MR) is 178 cm³/mol. The molecule has 0 aliphatic carbocycles. The summed E-state index contributed by atoms with van der Waals surface area (Å²) in [4.78, 5) is 2.21. The molecule has 0 aromatic heterocycles. The number of rotatable bonds is 14. The van der Waals surface area contributed by atoms with Crippen LogP contribution in [0.5, 0.6) is 11.5 Å². The van der Waals surface area contributed by atoms with Crippen LogP contribution in [-0.2, 0) is 0 Å². The van der Waals surface area contributed by atoms with E-state index in [0.717, 1.165) is 39.3 Å². The van der Waals surface area contributed by atoms with Crippen LogP contribution in [0.2, 0.25) is 0 Å². The third kappa shape index (κ3) is 8.59. The molecule has 0 fully saturated rings. The molecule has 0 aliphatic rings. The fourth-order valence-electron chi connectivity index (χ4n) is 4.82. The third-order valence-electron chi connectivity index (χ3n) is 7.09. The van der Waals surface area contributed by atoms with Crippen molar-refractivity contribution in [3.05, 3.63) is 150 Å². The molecule has 5 rings (SSSR count). The number of hydrogen-bond acceptors (Lipinski definition) is 7. The van der Waals surface area contributed by atoms with Gasteiger partial charge in [0.25, 0.3) is 0 Å². The molecule has 0 saturated carbocycles. The summed E-state index contributed by atoms with van der Waals surface area (Å²) in [5.74, 6) is 1.11. The van der Waals surface area contributed by atoms with Crippen LogP contribution in [0.25, 0.3) is 11.6 Å². The smallest absolute Gasteiger partial charge is 0.120 e. The first-order valence-corrected chi connectivity index (χ1v) is 14.8. The van der Waals surface area contributed by atoms with Gasteiger partial charge in [0, 0.05) is 17.1 Å². The van der Waals surface area contributed by atoms with E-state index in [-0.39, 0.29) is 26.4 Å². The summed E-state index contributed by atoms with van der Waals surface area (Å²) >= 11 is 0. The average Bonchev–Trinajstić information content (AvgIpc) is 3.10. The Hall–Kier alpha value is -4.92. The summed E-state index contributed by atoms with van der Waals surface area (Å²) in [6.07, 6.45) is 0.135. The zero-order valence-electron chi connectivity index (χ0n) is 24.8. The Morgan fingerprint density at radius 2 is 1.00 bits per heavy atom. The van der Waals surface area contributed by atoms with Gasteiger partial charge in [-0.05, 0) is 89.0 Å². The first-order chi connectivity index (χ1) is 22.0. The van der Waals surface area contributed by atoms with Gasteiger partial charge in [-0.3, -0.25) is 0 Å². The number of ether oxygens (including phenoxy) is 2. The molecule has 4 N–H and O–H groups in total. The van der Waals surface area contributed by atoms with Crippen LogP contribution < -0.4 is 14.4 Å². The quantitative estimate of drug-likeness (QED) is 0.112. The molecule has 5 aromatic rings. The summed E-state index contributed by atoms with van der Waals surface area (Å²) in [6.45, 7) is -0.832. The summed E-state index contributed by atoms with van der Waals surface area (Å²) in [6, 6.07) is 43.9. The number of nitrogens with zero attached hydrogens (tertiary/aromatic N) is 1. The molecule has 0 spiro atoms. The Morgan fingerprint density at radius 1 is 0.556 bits per heavy atom. The maximum Gasteiger partial charge on any atom is 0.120 e. The molecule has 0 bridgehead atoms. The lowest BCUT2D eigenvalue weighted by atomic mass is 9.95. The number of aliphatic hydroxyl groups is 4. The van der Waals surface area contributed by atoms with Crippen molar-refractivity contribution in [2.24, 2.45) is 0 Å². The van der Waals surface area contributed by atoms with E-state index in [2.05, 4.69) is 59.5 Å². The van der Waals surface area contributed by atoms with Gasteiger partial charge in [0.1, 0.15) is 36.9 Å². The summed E-state index contributed by atoms with van der Waals surface area (Å²) < 4.78 is 11.5. The summed E-state index contributed by atoms with van der Waals surface area (Å²) in [7, 11) is 0. The standard InChI is InChI=1S/C38H37NO6/c40-24-34(42)26-44-36-15-7-9-29(22-36)38(30-10-8-16-37(23-30)45-27-35(43)25-41)21-28-17-19-33(20-18-28)39(31-11-3-1-4-12-31)32-13-5-2-6-14-32/h1-23,34-35,40-43H,24-27H2. The Morgan fingerprint density at radius 3 is 1.44 bits per heavy atom. The van der Waals surface area contributed by atoms with Crippen LogP contribution in [0, 0.1) is 0 Å². The Labute approximate surface area is 263 Å². The van der Waals surface area contributed by atoms with Crippen molar-refractivity contribution in [2.75, 3.05) is 31.3 Å². The number of hydrogen-bond donors (Lipinski definition) is 4. The monoisotopic (exact) mass is 603 g/mol. The van der Waals surface area contributed by atoms with Gasteiger partial charge < -0.3 is 34.8 Å². The van der Waals surface area contributed by atoms with Crippen LogP contribution in [0.1, 0.15) is 16.7 Å². The Bertz CT molecular complexity index is 1560. The minimum atomic E-state index is -0.975. The van der Waals surface area contributed by atoms with Gasteiger partial charge in [0.05, 0.1) is 13.2 Å². The molecule has 45 heavy (non-hydrogen) atoms. The topological polar surface area (TPSA) is 103 Å². The van der Waals surface area contributed by atoms with E-state index in [0.29, 0.717) is 11.5 Å². The van der Waals surface area contributed by atoms with E-state index >= 15 is 0 Å². The van der Waals surface area contributed by atoms with Crippen molar-refractivity contribution in [1.29, 1.82) is 0 Å². The van der Waals surface area contributed by atoms with Gasteiger partial charge in [0.2, 0.25) is 0 Å². The maximum atomic E-state index is 9.78. The largest absolute Gasteiger partial charge is 0.491 e. The molecular formula is C38H37NO6. The van der Waals surface area contributed by atoms with E-state index in [4.69, 9.17) is 9.47 Å². The van der Waals surface area contributed by atoms with Gasteiger partial charge in [-0.1, -0.05) is 72.8 Å². The lowest BCUT2D eigenvalue weighted by Crippen LogP contribution is -2.21. The van der Waals surface area contributed by atoms with Crippen LogP contribution in [-0.4, -0.2) is 59.1 Å². The van der Waals surface area contributed by atoms with Crippen LogP contribution in [0.4, 0.5) is 17.1 Å². The third-order valence-corrected chi connectivity index (χ3v) is 7.09. The summed E-state index contributed by atoms with van der Waals surface area (Å²) in [5, 5.41) is 37.9. The van der Waals surface area contributed by atoms with Crippen molar-refractivity contribution in [2.45, 2.75) is 12.2 Å². The zero-order chi connectivity index (χ0) is 31.4. The van der Waals surface area contributed by atoms with E-state index in [1.54, 1.807) is 12.1 Å². The van der Waals surface area contributed by atoms with E-state index in [9.17, 15) is 20.4 Å². The molecular weight excluding hydrogens is 566 g/mol. The van der Waals surface area contributed by atoms with Crippen LogP contribution in [0.3, 0.4) is 0 Å². The van der Waals surface area contributed by atoms with E-state index in [1.165, 1.54) is 0 Å². The summed E-state index contributed by atoms with van der Waals surface area (Å²) in [5.41, 5.74) is 6.74. The predicted octanol–water partition coefficient (Wildman–Crippen LogP) is 6.21. The molecule has 5 aromatic carbocycles. The molecule has 7 heteroatoms. The van der Waals surface area contributed by atoms with Crippen molar-refractivity contribution >= 4 is 28.7 Å². The van der Waals surface area contributed by atoms with Gasteiger partial charge in [-0.25, -0.2) is 0 Å². The van der Waals surface area contributed by atoms with Gasteiger partial charge >= 0.3 is 0 Å². The second-order valence-electron chi connectivity index (χ2n) is 10.5. The minimum Gasteiger partial charge on any atom is -0.491 e. The normalized spacial score (nSPS) is 12.2. The molecule has 2 unspecified atom stereocenters. The molecule has 230 valence electrons. The lowest BCUT2D eigenvalue weighted by molar-refractivity contribution is 0.0536. The van der Waals surface area contributed by atoms with E-state index < -0.39 is 12.2 Å². The van der Waals surface area contributed by atoms with Gasteiger partial charge in [-0.2, -0.15) is 0 Å². The minimum absolute atomic E-state index is 0.0314. The average molecular weight is 604 g/mol. The number of para-hydroxylation sites is 2. The highest BCUT2D eigenvalue weighted by Gasteiger charge is 2.13. The molecule has 0 saturated heterocycles. The number of anilines is 3. The molecule has 0 radical (unpaired) electrons. The Balaban J connectivity index is 1.52. The highest BCUT2D eigenvalue weighted by molar-refractivity contribution is 5.92. The SMILES string of the molecule is OCC(O)COc1cccc(C(=Cc2ccc(N(c3ccccc3)c3ccccc3)cc2)c2cccc(OCC(O)CO)c2)c1. The molecule has 7 nitrogen and oxygen atoms in total. The fourth-order valence-corrected chi connectivity index (χ4v) is 4.82. The van der Waals surface area contributed by atoms with Crippen molar-refractivity contribution < 1.29 is 29.9 Å². The van der Waals surface area contributed by atoms with Crippen molar-refractivity contribution in [3.8, 4) is 11.5 Å². The molecule has 0 amide bonds. The molecule has 0 heterocycles. The number of benzene rings is 5. The van der Waals surface area contributed by atoms with Gasteiger partial charge in [-0.15, -0.1) is 0 Å². The van der Waals surface area contributed by atoms with E-state index in [1.807, 2.05) is 72.8 Å².